The molecule has 0 aromatic carbocycles. The molecule has 1 amide bonds. The molecule has 0 radical (unpaired) electrons. The first-order valence-corrected chi connectivity index (χ1v) is 8.35. The Bertz CT molecular complexity index is 342. The van der Waals surface area contributed by atoms with E-state index in [0.717, 1.165) is 37.2 Å². The predicted molar refractivity (Wildman–Crippen MR) is 76.2 cm³/mol. The molecular weight excluding hydrogens is 262 g/mol. The Balaban J connectivity index is 1.97. The van der Waals surface area contributed by atoms with E-state index in [9.17, 15) is 14.7 Å². The highest BCUT2D eigenvalue weighted by Crippen LogP contribution is 2.29. The van der Waals surface area contributed by atoms with Gasteiger partial charge in [-0.05, 0) is 49.0 Å². The standard InChI is InChI=1S/C14H23NO3S/c1-10-3-2-6-15(13(10)14(17)18)12(16)9-11-4-7-19-8-5-11/h10-11,13H,2-9H2,1H3,(H,17,18). The van der Waals surface area contributed by atoms with Gasteiger partial charge in [-0.25, -0.2) is 4.79 Å². The fourth-order valence-corrected chi connectivity index (χ4v) is 4.36. The normalized spacial score (nSPS) is 29.2. The number of likely N-dealkylation sites (tertiary alicyclic amines) is 1. The zero-order chi connectivity index (χ0) is 13.8. The summed E-state index contributed by atoms with van der Waals surface area (Å²) in [5, 5.41) is 9.34. The van der Waals surface area contributed by atoms with Crippen molar-refractivity contribution in [2.75, 3.05) is 18.1 Å². The molecule has 2 aliphatic rings. The van der Waals surface area contributed by atoms with Crippen LogP contribution in [0.5, 0.6) is 0 Å². The maximum absolute atomic E-state index is 12.4. The van der Waals surface area contributed by atoms with Gasteiger partial charge in [0.05, 0.1) is 0 Å². The Kier molecular flexibility index (Phi) is 5.13. The van der Waals surface area contributed by atoms with Gasteiger partial charge in [-0.1, -0.05) is 6.92 Å². The largest absolute Gasteiger partial charge is 0.480 e. The summed E-state index contributed by atoms with van der Waals surface area (Å²) < 4.78 is 0. The van der Waals surface area contributed by atoms with E-state index in [0.29, 0.717) is 18.9 Å². The number of carbonyl (C=O) groups is 2. The number of piperidine rings is 1. The molecule has 2 fully saturated rings. The van der Waals surface area contributed by atoms with Crippen LogP contribution in [-0.2, 0) is 9.59 Å². The minimum Gasteiger partial charge on any atom is -0.480 e. The summed E-state index contributed by atoms with van der Waals surface area (Å²) in [5.74, 6) is 2.00. The van der Waals surface area contributed by atoms with Crippen LogP contribution in [0.3, 0.4) is 0 Å². The topological polar surface area (TPSA) is 57.6 Å². The fraction of sp³-hybridized carbons (Fsp3) is 0.857. The lowest BCUT2D eigenvalue weighted by molar-refractivity contribution is -0.155. The molecule has 1 N–H and O–H groups in total. The van der Waals surface area contributed by atoms with Crippen molar-refractivity contribution in [3.05, 3.63) is 0 Å². The van der Waals surface area contributed by atoms with Crippen LogP contribution in [0.2, 0.25) is 0 Å². The highest BCUT2D eigenvalue weighted by Gasteiger charge is 2.37. The van der Waals surface area contributed by atoms with E-state index in [4.69, 9.17) is 0 Å². The third-order valence-electron chi connectivity index (χ3n) is 4.31. The van der Waals surface area contributed by atoms with Gasteiger partial charge >= 0.3 is 5.97 Å². The van der Waals surface area contributed by atoms with Gasteiger partial charge in [0.2, 0.25) is 5.91 Å². The lowest BCUT2D eigenvalue weighted by Gasteiger charge is -2.38. The van der Waals surface area contributed by atoms with Crippen molar-refractivity contribution in [3.8, 4) is 0 Å². The number of rotatable bonds is 3. The molecule has 2 rings (SSSR count). The summed E-state index contributed by atoms with van der Waals surface area (Å²) >= 11 is 1.95. The van der Waals surface area contributed by atoms with Gasteiger partial charge in [-0.3, -0.25) is 4.79 Å². The number of carboxylic acid groups (broad SMARTS) is 1. The quantitative estimate of drug-likeness (QED) is 0.864. The summed E-state index contributed by atoms with van der Waals surface area (Å²) in [7, 11) is 0. The minimum absolute atomic E-state index is 0.0517. The van der Waals surface area contributed by atoms with Crippen LogP contribution in [0.25, 0.3) is 0 Å². The average molecular weight is 285 g/mol. The van der Waals surface area contributed by atoms with Crippen LogP contribution in [0.1, 0.15) is 39.0 Å². The molecule has 0 aromatic heterocycles. The highest BCUT2D eigenvalue weighted by atomic mass is 32.2. The third-order valence-corrected chi connectivity index (χ3v) is 5.36. The minimum atomic E-state index is -0.847. The van der Waals surface area contributed by atoms with Gasteiger partial charge in [0, 0.05) is 13.0 Å². The van der Waals surface area contributed by atoms with E-state index < -0.39 is 12.0 Å². The second-order valence-corrected chi connectivity index (χ2v) is 6.97. The summed E-state index contributed by atoms with van der Waals surface area (Å²) in [4.78, 5) is 25.4. The van der Waals surface area contributed by atoms with Crippen LogP contribution in [-0.4, -0.2) is 46.0 Å². The monoisotopic (exact) mass is 285 g/mol. The molecular formula is C14H23NO3S. The number of carbonyl (C=O) groups excluding carboxylic acids is 1. The Morgan fingerprint density at radius 2 is 1.95 bits per heavy atom. The number of hydrogen-bond acceptors (Lipinski definition) is 3. The van der Waals surface area contributed by atoms with Crippen molar-refractivity contribution >= 4 is 23.6 Å². The summed E-state index contributed by atoms with van der Waals surface area (Å²) in [6.07, 6.45) is 4.56. The molecule has 0 saturated carbocycles. The van der Waals surface area contributed by atoms with E-state index in [1.165, 1.54) is 0 Å². The number of thioether (sulfide) groups is 1. The van der Waals surface area contributed by atoms with Crippen molar-refractivity contribution in [1.82, 2.24) is 4.90 Å². The lowest BCUT2D eigenvalue weighted by Crippen LogP contribution is -2.52. The molecule has 0 aromatic rings. The average Bonchev–Trinajstić information content (AvgIpc) is 2.39. The molecule has 2 unspecified atom stereocenters. The molecule has 2 aliphatic heterocycles. The molecule has 2 saturated heterocycles. The maximum atomic E-state index is 12.4. The van der Waals surface area contributed by atoms with Crippen LogP contribution in [0, 0.1) is 11.8 Å². The molecule has 19 heavy (non-hydrogen) atoms. The summed E-state index contributed by atoms with van der Waals surface area (Å²) in [5.41, 5.74) is 0. The van der Waals surface area contributed by atoms with Crippen LogP contribution >= 0.6 is 11.8 Å². The van der Waals surface area contributed by atoms with Crippen molar-refractivity contribution in [3.63, 3.8) is 0 Å². The summed E-state index contributed by atoms with van der Waals surface area (Å²) in [6.45, 7) is 2.55. The van der Waals surface area contributed by atoms with Gasteiger partial charge in [0.1, 0.15) is 6.04 Å². The number of carboxylic acids is 1. The van der Waals surface area contributed by atoms with E-state index >= 15 is 0 Å². The predicted octanol–water partition coefficient (Wildman–Crippen LogP) is 2.23. The van der Waals surface area contributed by atoms with Gasteiger partial charge in [0.15, 0.2) is 0 Å². The smallest absolute Gasteiger partial charge is 0.326 e. The maximum Gasteiger partial charge on any atom is 0.326 e. The van der Waals surface area contributed by atoms with Crippen LogP contribution in [0.15, 0.2) is 0 Å². The number of nitrogens with zero attached hydrogens (tertiary/aromatic N) is 1. The molecule has 2 atom stereocenters. The number of amides is 1. The molecule has 4 nitrogen and oxygen atoms in total. The molecule has 0 bridgehead atoms. The molecule has 2 heterocycles. The summed E-state index contributed by atoms with van der Waals surface area (Å²) in [6, 6.07) is -0.612. The number of hydrogen-bond donors (Lipinski definition) is 1. The van der Waals surface area contributed by atoms with Gasteiger partial charge in [-0.2, -0.15) is 11.8 Å². The van der Waals surface area contributed by atoms with Crippen molar-refractivity contribution in [2.45, 2.75) is 45.1 Å². The van der Waals surface area contributed by atoms with Crippen LogP contribution in [0.4, 0.5) is 0 Å². The fourth-order valence-electron chi connectivity index (χ4n) is 3.16. The third kappa shape index (κ3) is 3.65. The van der Waals surface area contributed by atoms with Crippen LogP contribution < -0.4 is 0 Å². The zero-order valence-electron chi connectivity index (χ0n) is 11.5. The molecule has 0 aliphatic carbocycles. The Labute approximate surface area is 118 Å². The van der Waals surface area contributed by atoms with Crippen molar-refractivity contribution < 1.29 is 14.7 Å². The first-order chi connectivity index (χ1) is 9.09. The second-order valence-electron chi connectivity index (χ2n) is 5.75. The van der Waals surface area contributed by atoms with Crippen molar-refractivity contribution in [2.24, 2.45) is 11.8 Å². The Hall–Kier alpha value is -0.710. The van der Waals surface area contributed by atoms with E-state index in [-0.39, 0.29) is 11.8 Å². The SMILES string of the molecule is CC1CCCN(C(=O)CC2CCSCC2)C1C(=O)O. The van der Waals surface area contributed by atoms with Crippen molar-refractivity contribution in [1.29, 1.82) is 0 Å². The van der Waals surface area contributed by atoms with Gasteiger partial charge in [0.25, 0.3) is 0 Å². The lowest BCUT2D eigenvalue weighted by atomic mass is 9.89. The molecule has 108 valence electrons. The van der Waals surface area contributed by atoms with E-state index in [1.807, 2.05) is 18.7 Å². The number of aliphatic carboxylic acids is 1. The molecule has 5 heteroatoms. The first-order valence-electron chi connectivity index (χ1n) is 7.19. The molecule has 0 spiro atoms. The Morgan fingerprint density at radius 1 is 1.26 bits per heavy atom. The first kappa shape index (κ1) is 14.7. The van der Waals surface area contributed by atoms with E-state index in [2.05, 4.69) is 0 Å². The Morgan fingerprint density at radius 3 is 2.58 bits per heavy atom. The van der Waals surface area contributed by atoms with E-state index in [1.54, 1.807) is 4.90 Å². The van der Waals surface area contributed by atoms with Gasteiger partial charge < -0.3 is 10.0 Å². The second kappa shape index (κ2) is 6.64. The highest BCUT2D eigenvalue weighted by molar-refractivity contribution is 7.99. The zero-order valence-corrected chi connectivity index (χ0v) is 12.3. The van der Waals surface area contributed by atoms with Gasteiger partial charge in [-0.15, -0.1) is 0 Å².